The second-order valence-corrected chi connectivity index (χ2v) is 6.03. The molecule has 0 amide bonds. The van der Waals surface area contributed by atoms with Gasteiger partial charge in [0, 0.05) is 6.04 Å². The third-order valence-corrected chi connectivity index (χ3v) is 4.51. The van der Waals surface area contributed by atoms with Crippen molar-refractivity contribution in [1.82, 2.24) is 4.72 Å². The molecule has 1 aromatic rings. The summed E-state index contributed by atoms with van der Waals surface area (Å²) in [6.07, 6.45) is 0.388. The van der Waals surface area contributed by atoms with Gasteiger partial charge in [-0.1, -0.05) is 6.92 Å². The molecule has 1 atom stereocenters. The molecule has 0 aliphatic rings. The fraction of sp³-hybridized carbons (Fsp3) is 0.417. The van der Waals surface area contributed by atoms with Gasteiger partial charge in [-0.3, -0.25) is 0 Å². The highest BCUT2D eigenvalue weighted by Gasteiger charge is 2.23. The standard InChI is InChI=1S/C12H17NO6S/c1-3-8(6-14)13-20(18,19)11-5-9(12(16)17)10(15)4-7(11)2/h4-5,8,13-15H,3,6H2,1-2H3,(H,16,17). The van der Waals surface area contributed by atoms with Crippen molar-refractivity contribution in [2.24, 2.45) is 0 Å². The Morgan fingerprint density at radius 1 is 1.40 bits per heavy atom. The van der Waals surface area contributed by atoms with E-state index in [1.807, 2.05) is 0 Å². The highest BCUT2D eigenvalue weighted by molar-refractivity contribution is 7.89. The van der Waals surface area contributed by atoms with Crippen molar-refractivity contribution in [3.8, 4) is 5.75 Å². The molecule has 0 aromatic heterocycles. The maximum atomic E-state index is 12.2. The minimum atomic E-state index is -3.97. The van der Waals surface area contributed by atoms with Gasteiger partial charge in [-0.15, -0.1) is 0 Å². The smallest absolute Gasteiger partial charge is 0.339 e. The molecule has 0 aliphatic carbocycles. The monoisotopic (exact) mass is 303 g/mol. The van der Waals surface area contributed by atoms with E-state index in [-0.39, 0.29) is 17.1 Å². The van der Waals surface area contributed by atoms with Crippen LogP contribution in [-0.2, 0) is 10.0 Å². The van der Waals surface area contributed by atoms with E-state index in [9.17, 15) is 18.3 Å². The quantitative estimate of drug-likeness (QED) is 0.605. The first kappa shape index (κ1) is 16.4. The van der Waals surface area contributed by atoms with Crippen molar-refractivity contribution in [3.63, 3.8) is 0 Å². The predicted octanol–water partition coefficient (Wildman–Crippen LogP) is 0.448. The lowest BCUT2D eigenvalue weighted by Crippen LogP contribution is -2.37. The molecule has 0 radical (unpaired) electrons. The van der Waals surface area contributed by atoms with Gasteiger partial charge in [0.1, 0.15) is 11.3 Å². The van der Waals surface area contributed by atoms with Crippen LogP contribution in [0.1, 0.15) is 29.3 Å². The molecule has 1 rings (SSSR count). The number of phenols is 1. The maximum Gasteiger partial charge on any atom is 0.339 e. The minimum absolute atomic E-state index is 0.216. The molecule has 4 N–H and O–H groups in total. The molecule has 0 saturated carbocycles. The van der Waals surface area contributed by atoms with E-state index in [1.165, 1.54) is 6.92 Å². The van der Waals surface area contributed by atoms with E-state index < -0.39 is 33.3 Å². The van der Waals surface area contributed by atoms with Gasteiger partial charge in [-0.25, -0.2) is 17.9 Å². The Kier molecular flexibility index (Phi) is 5.09. The van der Waals surface area contributed by atoms with Crippen LogP contribution in [-0.4, -0.2) is 42.4 Å². The molecule has 1 unspecified atom stereocenters. The summed E-state index contributed by atoms with van der Waals surface area (Å²) in [4.78, 5) is 10.7. The molecule has 0 aliphatic heterocycles. The number of hydrogen-bond acceptors (Lipinski definition) is 5. The number of sulfonamides is 1. The Balaban J connectivity index is 3.31. The Labute approximate surface area is 116 Å². The Morgan fingerprint density at radius 2 is 2.00 bits per heavy atom. The number of aliphatic hydroxyl groups excluding tert-OH is 1. The molecule has 112 valence electrons. The lowest BCUT2D eigenvalue weighted by molar-refractivity contribution is 0.0693. The van der Waals surface area contributed by atoms with Crippen LogP contribution in [0.3, 0.4) is 0 Å². The molecule has 1 aromatic carbocycles. The SMILES string of the molecule is CCC(CO)NS(=O)(=O)c1cc(C(=O)O)c(O)cc1C. The average molecular weight is 303 g/mol. The number of aromatic hydroxyl groups is 1. The van der Waals surface area contributed by atoms with E-state index in [4.69, 9.17) is 10.2 Å². The number of benzene rings is 1. The van der Waals surface area contributed by atoms with E-state index in [1.54, 1.807) is 6.92 Å². The fourth-order valence-corrected chi connectivity index (χ4v) is 3.23. The third-order valence-electron chi connectivity index (χ3n) is 2.85. The Morgan fingerprint density at radius 3 is 2.45 bits per heavy atom. The molecule has 0 heterocycles. The number of carbonyl (C=O) groups is 1. The number of aromatic carboxylic acids is 1. The number of aryl methyl sites for hydroxylation is 1. The topological polar surface area (TPSA) is 124 Å². The average Bonchev–Trinajstić information content (AvgIpc) is 2.35. The van der Waals surface area contributed by atoms with Crippen molar-refractivity contribution >= 4 is 16.0 Å². The Bertz CT molecular complexity index is 607. The summed E-state index contributed by atoms with van der Waals surface area (Å²) in [5.74, 6) is -1.92. The van der Waals surface area contributed by atoms with Crippen molar-refractivity contribution < 1.29 is 28.5 Å². The number of rotatable bonds is 6. The highest BCUT2D eigenvalue weighted by Crippen LogP contribution is 2.25. The molecule has 7 nitrogen and oxygen atoms in total. The first-order chi connectivity index (χ1) is 9.22. The van der Waals surface area contributed by atoms with Crippen molar-refractivity contribution in [2.75, 3.05) is 6.61 Å². The van der Waals surface area contributed by atoms with Crippen molar-refractivity contribution in [1.29, 1.82) is 0 Å². The van der Waals surface area contributed by atoms with Crippen molar-refractivity contribution in [2.45, 2.75) is 31.2 Å². The summed E-state index contributed by atoms with van der Waals surface area (Å²) >= 11 is 0. The second kappa shape index (κ2) is 6.21. The van der Waals surface area contributed by atoms with Crippen LogP contribution in [0.2, 0.25) is 0 Å². The van der Waals surface area contributed by atoms with Crippen LogP contribution in [0.5, 0.6) is 5.75 Å². The van der Waals surface area contributed by atoms with Crippen LogP contribution in [0.15, 0.2) is 17.0 Å². The van der Waals surface area contributed by atoms with Crippen LogP contribution < -0.4 is 4.72 Å². The van der Waals surface area contributed by atoms with Crippen molar-refractivity contribution in [3.05, 3.63) is 23.3 Å². The maximum absolute atomic E-state index is 12.2. The zero-order chi connectivity index (χ0) is 15.5. The summed E-state index contributed by atoms with van der Waals surface area (Å²) in [5, 5.41) is 27.4. The molecular weight excluding hydrogens is 286 g/mol. The molecule has 8 heteroatoms. The zero-order valence-corrected chi connectivity index (χ0v) is 11.9. The number of hydrogen-bond donors (Lipinski definition) is 4. The lowest BCUT2D eigenvalue weighted by Gasteiger charge is -2.16. The molecule has 0 saturated heterocycles. The third kappa shape index (κ3) is 3.47. The van der Waals surface area contributed by atoms with E-state index in [0.29, 0.717) is 6.42 Å². The Hall–Kier alpha value is -1.64. The van der Waals surface area contributed by atoms with Gasteiger partial charge in [0.15, 0.2) is 0 Å². The van der Waals surface area contributed by atoms with Crippen LogP contribution >= 0.6 is 0 Å². The van der Waals surface area contributed by atoms with Crippen LogP contribution in [0, 0.1) is 6.92 Å². The van der Waals surface area contributed by atoms with Gasteiger partial charge >= 0.3 is 5.97 Å². The number of carboxylic acids is 1. The molecule has 0 bridgehead atoms. The summed E-state index contributed by atoms with van der Waals surface area (Å²) in [6, 6.07) is 1.33. The van der Waals surface area contributed by atoms with Crippen LogP contribution in [0.4, 0.5) is 0 Å². The molecular formula is C12H17NO6S. The van der Waals surface area contributed by atoms with Gasteiger partial charge in [-0.2, -0.15) is 0 Å². The summed E-state index contributed by atoms with van der Waals surface area (Å²) in [5.41, 5.74) is -0.277. The van der Waals surface area contributed by atoms with Gasteiger partial charge in [-0.05, 0) is 31.0 Å². The zero-order valence-electron chi connectivity index (χ0n) is 11.1. The number of nitrogens with one attached hydrogen (secondary N) is 1. The van der Waals surface area contributed by atoms with Gasteiger partial charge in [0.25, 0.3) is 0 Å². The summed E-state index contributed by atoms with van der Waals surface area (Å²) < 4.78 is 26.6. The largest absolute Gasteiger partial charge is 0.507 e. The number of carboxylic acid groups (broad SMARTS) is 1. The van der Waals surface area contributed by atoms with E-state index in [0.717, 1.165) is 12.1 Å². The molecule has 0 spiro atoms. The van der Waals surface area contributed by atoms with E-state index >= 15 is 0 Å². The van der Waals surface area contributed by atoms with Gasteiger partial charge in [0.05, 0.1) is 11.5 Å². The molecule has 0 fully saturated rings. The van der Waals surface area contributed by atoms with Gasteiger partial charge < -0.3 is 15.3 Å². The first-order valence-corrected chi connectivity index (χ1v) is 7.41. The summed E-state index contributed by atoms with van der Waals surface area (Å²) in [6.45, 7) is 2.79. The van der Waals surface area contributed by atoms with Crippen LogP contribution in [0.25, 0.3) is 0 Å². The van der Waals surface area contributed by atoms with Gasteiger partial charge in [0.2, 0.25) is 10.0 Å². The number of aliphatic hydroxyl groups is 1. The highest BCUT2D eigenvalue weighted by atomic mass is 32.2. The van der Waals surface area contributed by atoms with E-state index in [2.05, 4.69) is 4.72 Å². The summed E-state index contributed by atoms with van der Waals surface area (Å²) in [7, 11) is -3.97. The molecule has 20 heavy (non-hydrogen) atoms. The fourth-order valence-electron chi connectivity index (χ4n) is 1.67. The predicted molar refractivity (Wildman–Crippen MR) is 71.3 cm³/mol. The lowest BCUT2D eigenvalue weighted by atomic mass is 10.1. The first-order valence-electron chi connectivity index (χ1n) is 5.93. The second-order valence-electron chi connectivity index (χ2n) is 4.35. The minimum Gasteiger partial charge on any atom is -0.507 e. The normalized spacial score (nSPS) is 13.2.